The standard InChI is InChI=1S/C24H30FN3O2/c1-2-14-27(17-13-23(29)26-21-10-6-9-20(25)18-21)22-11-15-28(16-12-22)24(30)19-7-4-3-5-8-19/h3-10,18,22H,2,11-17H2,1H3,(H,26,29). The Morgan fingerprint density at radius 1 is 1.07 bits per heavy atom. The van der Waals surface area contributed by atoms with Crippen molar-refractivity contribution in [2.75, 3.05) is 31.5 Å². The predicted molar refractivity (Wildman–Crippen MR) is 117 cm³/mol. The van der Waals surface area contributed by atoms with Crippen LogP contribution in [0.1, 0.15) is 43.0 Å². The topological polar surface area (TPSA) is 52.7 Å². The molecule has 1 heterocycles. The molecule has 30 heavy (non-hydrogen) atoms. The Morgan fingerprint density at radius 3 is 2.47 bits per heavy atom. The van der Waals surface area contributed by atoms with Gasteiger partial charge in [-0.1, -0.05) is 31.2 Å². The maximum Gasteiger partial charge on any atom is 0.253 e. The summed E-state index contributed by atoms with van der Waals surface area (Å²) in [4.78, 5) is 29.2. The van der Waals surface area contributed by atoms with Crippen LogP contribution in [-0.4, -0.2) is 53.8 Å². The number of likely N-dealkylation sites (tertiary alicyclic amines) is 1. The number of carbonyl (C=O) groups is 2. The molecule has 1 aliphatic rings. The maximum atomic E-state index is 13.3. The zero-order chi connectivity index (χ0) is 21.3. The van der Waals surface area contributed by atoms with Gasteiger partial charge in [-0.25, -0.2) is 4.39 Å². The number of benzene rings is 2. The molecule has 1 aliphatic heterocycles. The molecule has 5 nitrogen and oxygen atoms in total. The molecule has 0 radical (unpaired) electrons. The van der Waals surface area contributed by atoms with Crippen molar-refractivity contribution in [2.24, 2.45) is 0 Å². The average molecular weight is 412 g/mol. The lowest BCUT2D eigenvalue weighted by Gasteiger charge is -2.38. The van der Waals surface area contributed by atoms with E-state index < -0.39 is 0 Å². The summed E-state index contributed by atoms with van der Waals surface area (Å²) in [5, 5.41) is 2.76. The molecule has 0 bridgehead atoms. The average Bonchev–Trinajstić information content (AvgIpc) is 2.77. The number of carbonyl (C=O) groups excluding carboxylic acids is 2. The lowest BCUT2D eigenvalue weighted by atomic mass is 10.0. The van der Waals surface area contributed by atoms with Gasteiger partial charge in [0.2, 0.25) is 5.91 Å². The maximum absolute atomic E-state index is 13.3. The van der Waals surface area contributed by atoms with Crippen LogP contribution < -0.4 is 5.32 Å². The van der Waals surface area contributed by atoms with E-state index in [0.29, 0.717) is 24.7 Å². The number of anilines is 1. The first kappa shape index (κ1) is 22.0. The molecule has 0 spiro atoms. The number of rotatable bonds is 8. The normalized spacial score (nSPS) is 14.7. The molecule has 160 valence electrons. The summed E-state index contributed by atoms with van der Waals surface area (Å²) >= 11 is 0. The predicted octanol–water partition coefficient (Wildman–Crippen LogP) is 4.17. The Morgan fingerprint density at radius 2 is 1.80 bits per heavy atom. The Labute approximate surface area is 177 Å². The summed E-state index contributed by atoms with van der Waals surface area (Å²) in [7, 11) is 0. The lowest BCUT2D eigenvalue weighted by molar-refractivity contribution is -0.116. The Bertz CT molecular complexity index is 835. The largest absolute Gasteiger partial charge is 0.339 e. The minimum atomic E-state index is -0.364. The second kappa shape index (κ2) is 10.9. The zero-order valence-electron chi connectivity index (χ0n) is 17.5. The minimum Gasteiger partial charge on any atom is -0.339 e. The number of amides is 2. The van der Waals surface area contributed by atoms with Gasteiger partial charge in [-0.2, -0.15) is 0 Å². The third-order valence-electron chi connectivity index (χ3n) is 5.53. The highest BCUT2D eigenvalue weighted by atomic mass is 19.1. The highest BCUT2D eigenvalue weighted by molar-refractivity contribution is 5.94. The first-order valence-corrected chi connectivity index (χ1v) is 10.7. The minimum absolute atomic E-state index is 0.0885. The van der Waals surface area contributed by atoms with Crippen molar-refractivity contribution in [2.45, 2.75) is 38.6 Å². The summed E-state index contributed by atoms with van der Waals surface area (Å²) in [6, 6.07) is 15.7. The van der Waals surface area contributed by atoms with Gasteiger partial charge in [-0.15, -0.1) is 0 Å². The molecule has 2 aromatic carbocycles. The zero-order valence-corrected chi connectivity index (χ0v) is 17.5. The van der Waals surface area contributed by atoms with Gasteiger partial charge in [0.15, 0.2) is 0 Å². The lowest BCUT2D eigenvalue weighted by Crippen LogP contribution is -2.47. The number of nitrogens with zero attached hydrogens (tertiary/aromatic N) is 2. The second-order valence-corrected chi connectivity index (χ2v) is 7.73. The van der Waals surface area contributed by atoms with Crippen LogP contribution in [0.15, 0.2) is 54.6 Å². The van der Waals surface area contributed by atoms with Crippen molar-refractivity contribution in [3.8, 4) is 0 Å². The molecule has 0 atom stereocenters. The summed E-state index contributed by atoms with van der Waals surface area (Å²) in [6.07, 6.45) is 3.18. The van der Waals surface area contributed by atoms with Gasteiger partial charge in [0.25, 0.3) is 5.91 Å². The number of piperidine rings is 1. The molecular formula is C24H30FN3O2. The molecule has 6 heteroatoms. The van der Waals surface area contributed by atoms with Crippen LogP contribution >= 0.6 is 0 Å². The number of hydrogen-bond donors (Lipinski definition) is 1. The van der Waals surface area contributed by atoms with Gasteiger partial charge in [-0.05, 0) is 56.1 Å². The second-order valence-electron chi connectivity index (χ2n) is 7.73. The SMILES string of the molecule is CCCN(CCC(=O)Nc1cccc(F)c1)C1CCN(C(=O)c2ccccc2)CC1. The highest BCUT2D eigenvalue weighted by Crippen LogP contribution is 2.19. The summed E-state index contributed by atoms with van der Waals surface area (Å²) in [6.45, 7) is 5.17. The van der Waals surface area contributed by atoms with Gasteiger partial charge in [0.05, 0.1) is 0 Å². The molecular weight excluding hydrogens is 381 g/mol. The van der Waals surface area contributed by atoms with Crippen LogP contribution in [0.4, 0.5) is 10.1 Å². The third kappa shape index (κ3) is 6.13. The van der Waals surface area contributed by atoms with Crippen molar-refractivity contribution in [1.82, 2.24) is 9.80 Å². The Hall–Kier alpha value is -2.73. The summed E-state index contributed by atoms with van der Waals surface area (Å²) < 4.78 is 13.3. The van der Waals surface area contributed by atoms with Crippen molar-refractivity contribution in [1.29, 1.82) is 0 Å². The monoisotopic (exact) mass is 411 g/mol. The van der Waals surface area contributed by atoms with E-state index in [0.717, 1.165) is 44.5 Å². The van der Waals surface area contributed by atoms with Crippen LogP contribution in [0.3, 0.4) is 0 Å². The van der Waals surface area contributed by atoms with E-state index in [1.54, 1.807) is 12.1 Å². The van der Waals surface area contributed by atoms with Gasteiger partial charge < -0.3 is 10.2 Å². The molecule has 0 unspecified atom stereocenters. The summed E-state index contributed by atoms with van der Waals surface area (Å²) in [5.41, 5.74) is 1.21. The molecule has 0 aromatic heterocycles. The van der Waals surface area contributed by atoms with Crippen molar-refractivity contribution in [3.63, 3.8) is 0 Å². The number of hydrogen-bond acceptors (Lipinski definition) is 3. The van der Waals surface area contributed by atoms with E-state index in [9.17, 15) is 14.0 Å². The van der Waals surface area contributed by atoms with Crippen LogP contribution in [-0.2, 0) is 4.79 Å². The Balaban J connectivity index is 1.49. The summed E-state index contributed by atoms with van der Waals surface area (Å²) in [5.74, 6) is -0.388. The van der Waals surface area contributed by atoms with E-state index in [-0.39, 0.29) is 17.6 Å². The quantitative estimate of drug-likeness (QED) is 0.709. The van der Waals surface area contributed by atoms with Crippen LogP contribution in [0.25, 0.3) is 0 Å². The number of nitrogens with one attached hydrogen (secondary N) is 1. The number of halogens is 1. The highest BCUT2D eigenvalue weighted by Gasteiger charge is 2.27. The molecule has 0 aliphatic carbocycles. The van der Waals surface area contributed by atoms with Gasteiger partial charge in [-0.3, -0.25) is 14.5 Å². The fraction of sp³-hybridized carbons (Fsp3) is 0.417. The molecule has 0 saturated carbocycles. The first-order chi connectivity index (χ1) is 14.6. The van der Waals surface area contributed by atoms with Gasteiger partial charge in [0, 0.05) is 43.3 Å². The fourth-order valence-corrected chi connectivity index (χ4v) is 4.00. The van der Waals surface area contributed by atoms with Crippen molar-refractivity contribution < 1.29 is 14.0 Å². The van der Waals surface area contributed by atoms with E-state index in [4.69, 9.17) is 0 Å². The van der Waals surface area contributed by atoms with Crippen molar-refractivity contribution >= 4 is 17.5 Å². The molecule has 1 saturated heterocycles. The van der Waals surface area contributed by atoms with E-state index in [1.807, 2.05) is 35.2 Å². The smallest absolute Gasteiger partial charge is 0.253 e. The van der Waals surface area contributed by atoms with Crippen LogP contribution in [0.2, 0.25) is 0 Å². The fourth-order valence-electron chi connectivity index (χ4n) is 4.00. The van der Waals surface area contributed by atoms with Crippen molar-refractivity contribution in [3.05, 3.63) is 66.0 Å². The molecule has 1 N–H and O–H groups in total. The van der Waals surface area contributed by atoms with Crippen LogP contribution in [0.5, 0.6) is 0 Å². The Kier molecular flexibility index (Phi) is 7.97. The van der Waals surface area contributed by atoms with E-state index >= 15 is 0 Å². The van der Waals surface area contributed by atoms with E-state index in [2.05, 4.69) is 17.1 Å². The van der Waals surface area contributed by atoms with Crippen LogP contribution in [0, 0.1) is 5.82 Å². The molecule has 3 rings (SSSR count). The first-order valence-electron chi connectivity index (χ1n) is 10.7. The van der Waals surface area contributed by atoms with Gasteiger partial charge in [0.1, 0.15) is 5.82 Å². The van der Waals surface area contributed by atoms with E-state index in [1.165, 1.54) is 12.1 Å². The molecule has 1 fully saturated rings. The third-order valence-corrected chi connectivity index (χ3v) is 5.53. The van der Waals surface area contributed by atoms with Gasteiger partial charge >= 0.3 is 0 Å². The molecule has 2 amide bonds. The molecule has 2 aromatic rings.